The summed E-state index contributed by atoms with van der Waals surface area (Å²) >= 11 is 0. The van der Waals surface area contributed by atoms with Crippen molar-refractivity contribution in [2.75, 3.05) is 0 Å². The summed E-state index contributed by atoms with van der Waals surface area (Å²) in [6, 6.07) is 0. The van der Waals surface area contributed by atoms with Gasteiger partial charge < -0.3 is 20.4 Å². The van der Waals surface area contributed by atoms with Crippen LogP contribution in [0, 0.1) is 0 Å². The molecule has 0 fully saturated rings. The predicted molar refractivity (Wildman–Crippen MR) is 27.1 cm³/mol. The molecule has 4 N–H and O–H groups in total. The molecule has 48 valence electrons. The van der Waals surface area contributed by atoms with Crippen molar-refractivity contribution in [1.29, 1.82) is 0 Å². The van der Waals surface area contributed by atoms with Gasteiger partial charge in [-0.1, -0.05) is 0 Å². The molecule has 0 saturated carbocycles. The quantitative estimate of drug-likeness (QED) is 0.334. The van der Waals surface area contributed by atoms with E-state index in [-0.39, 0.29) is 75.0 Å². The third-order valence-electron chi connectivity index (χ3n) is 0. The molecule has 0 heterocycles. The molecule has 0 aromatic carbocycles. The Hall–Kier alpha value is 1.02. The monoisotopic (exact) mass is 235 g/mol. The van der Waals surface area contributed by atoms with Crippen LogP contribution in [0.25, 0.3) is 0 Å². The number of hydrogen-bond donors (Lipinski definition) is 4. The second-order valence-electron chi connectivity index (χ2n) is 0.565. The summed E-state index contributed by atoms with van der Waals surface area (Å²) in [5.41, 5.74) is 0. The van der Waals surface area contributed by atoms with Gasteiger partial charge in [-0.2, -0.15) is 0 Å². The van der Waals surface area contributed by atoms with Crippen molar-refractivity contribution < 1.29 is 59.6 Å². The standard InChI is InChI=1S/2CH2O3.Na.Sr/c2*2-1(3)4;;/h2*(H2,2,3,4);;/q;;+1;+2. The van der Waals surface area contributed by atoms with E-state index >= 15 is 0 Å². The molecule has 0 bridgehead atoms. The van der Waals surface area contributed by atoms with E-state index in [4.69, 9.17) is 30.0 Å². The summed E-state index contributed by atoms with van der Waals surface area (Å²) < 4.78 is 0. The Bertz CT molecular complexity index is 73.7. The first-order valence-corrected chi connectivity index (χ1v) is 1.30. The van der Waals surface area contributed by atoms with E-state index in [1.54, 1.807) is 0 Å². The molecule has 0 amide bonds. The van der Waals surface area contributed by atoms with Crippen LogP contribution in [0.4, 0.5) is 9.59 Å². The molecule has 8 heteroatoms. The van der Waals surface area contributed by atoms with E-state index in [0.29, 0.717) is 0 Å². The molecule has 0 spiro atoms. The molecule has 0 aliphatic rings. The molecule has 0 saturated heterocycles. The third kappa shape index (κ3) is 557. The first-order chi connectivity index (χ1) is 3.46. The first-order valence-electron chi connectivity index (χ1n) is 1.30. The van der Waals surface area contributed by atoms with E-state index in [2.05, 4.69) is 0 Å². The van der Waals surface area contributed by atoms with Crippen LogP contribution in [0.15, 0.2) is 0 Å². The van der Waals surface area contributed by atoms with Gasteiger partial charge in [0.05, 0.1) is 0 Å². The summed E-state index contributed by atoms with van der Waals surface area (Å²) in [5, 5.41) is 27.9. The number of hydrogen-bond acceptors (Lipinski definition) is 2. The number of carboxylic acid groups (broad SMARTS) is 4. The Morgan fingerprint density at radius 2 is 0.800 bits per heavy atom. The molecular formula is C2H4NaO6Sr+3. The maximum atomic E-state index is 8.56. The average Bonchev–Trinajstić information content (AvgIpc) is 1.25. The van der Waals surface area contributed by atoms with Gasteiger partial charge in [0.25, 0.3) is 0 Å². The van der Waals surface area contributed by atoms with Crippen LogP contribution in [0.3, 0.4) is 0 Å². The van der Waals surface area contributed by atoms with Gasteiger partial charge in [0.2, 0.25) is 0 Å². The fourth-order valence-electron chi connectivity index (χ4n) is 0. The van der Waals surface area contributed by atoms with Crippen LogP contribution in [0.2, 0.25) is 0 Å². The van der Waals surface area contributed by atoms with E-state index < -0.39 is 12.3 Å². The van der Waals surface area contributed by atoms with Crippen LogP contribution in [0.5, 0.6) is 0 Å². The van der Waals surface area contributed by atoms with Crippen LogP contribution in [-0.4, -0.2) is 78.2 Å². The van der Waals surface area contributed by atoms with E-state index in [1.165, 1.54) is 0 Å². The summed E-state index contributed by atoms with van der Waals surface area (Å²) in [4.78, 5) is 17.1. The maximum absolute atomic E-state index is 8.56. The molecule has 0 radical (unpaired) electrons. The number of carbonyl (C=O) groups is 2. The van der Waals surface area contributed by atoms with Crippen molar-refractivity contribution in [2.45, 2.75) is 0 Å². The van der Waals surface area contributed by atoms with Crippen LogP contribution in [0.1, 0.15) is 0 Å². The summed E-state index contributed by atoms with van der Waals surface area (Å²) in [6.07, 6.45) is -3.67. The Labute approximate surface area is 115 Å². The Balaban J connectivity index is -0.0000000300. The Morgan fingerprint density at radius 3 is 0.800 bits per heavy atom. The van der Waals surface area contributed by atoms with Gasteiger partial charge in [-0.15, -0.1) is 0 Å². The van der Waals surface area contributed by atoms with Crippen molar-refractivity contribution in [3.05, 3.63) is 0 Å². The molecule has 0 unspecified atom stereocenters. The van der Waals surface area contributed by atoms with Crippen LogP contribution in [-0.2, 0) is 0 Å². The van der Waals surface area contributed by atoms with Crippen molar-refractivity contribution in [3.8, 4) is 0 Å². The minimum atomic E-state index is -1.83. The summed E-state index contributed by atoms with van der Waals surface area (Å²) in [7, 11) is 0. The molecule has 0 rings (SSSR count). The molecule has 0 aromatic heterocycles. The zero-order valence-electron chi connectivity index (χ0n) is 5.31. The molecular weight excluding hydrogens is 231 g/mol. The molecule has 0 aromatic rings. The van der Waals surface area contributed by atoms with Gasteiger partial charge in [-0.25, -0.2) is 9.59 Å². The minimum Gasteiger partial charge on any atom is -0.450 e. The normalized spacial score (nSPS) is 4.80. The van der Waals surface area contributed by atoms with Gasteiger partial charge >= 0.3 is 87.3 Å². The zero-order chi connectivity index (χ0) is 7.15. The van der Waals surface area contributed by atoms with Gasteiger partial charge in [0.1, 0.15) is 0 Å². The average molecular weight is 235 g/mol. The van der Waals surface area contributed by atoms with Gasteiger partial charge in [-0.05, 0) is 0 Å². The fraction of sp³-hybridized carbons (Fsp3) is 0. The van der Waals surface area contributed by atoms with Gasteiger partial charge in [0.15, 0.2) is 0 Å². The molecule has 6 nitrogen and oxygen atoms in total. The Morgan fingerprint density at radius 1 is 0.800 bits per heavy atom. The summed E-state index contributed by atoms with van der Waals surface area (Å²) in [6.45, 7) is 0. The number of rotatable bonds is 0. The van der Waals surface area contributed by atoms with Crippen LogP contribution >= 0.6 is 0 Å². The fourth-order valence-corrected chi connectivity index (χ4v) is 0. The Kier molecular flexibility index (Phi) is 37.1. The zero-order valence-corrected chi connectivity index (χ0v) is 10.8. The van der Waals surface area contributed by atoms with E-state index in [9.17, 15) is 0 Å². The van der Waals surface area contributed by atoms with Crippen molar-refractivity contribution in [3.63, 3.8) is 0 Å². The second-order valence-corrected chi connectivity index (χ2v) is 0.565. The summed E-state index contributed by atoms with van der Waals surface area (Å²) in [5.74, 6) is 0. The largest absolute Gasteiger partial charge is 2.00 e. The third-order valence-corrected chi connectivity index (χ3v) is 0. The van der Waals surface area contributed by atoms with E-state index in [0.717, 1.165) is 0 Å². The van der Waals surface area contributed by atoms with Crippen molar-refractivity contribution in [2.24, 2.45) is 0 Å². The SMILES string of the molecule is O=C(O)O.O=C(O)O.[Na+].[Sr+2]. The van der Waals surface area contributed by atoms with Crippen molar-refractivity contribution >= 4 is 57.8 Å². The molecule has 0 aliphatic carbocycles. The molecule has 0 atom stereocenters. The first kappa shape index (κ1) is 22.5. The molecule has 0 aliphatic heterocycles. The minimum absolute atomic E-state index is 0. The molecule has 10 heavy (non-hydrogen) atoms. The van der Waals surface area contributed by atoms with E-state index in [1.807, 2.05) is 0 Å². The van der Waals surface area contributed by atoms with Crippen LogP contribution < -0.4 is 29.6 Å². The maximum Gasteiger partial charge on any atom is 2.00 e. The van der Waals surface area contributed by atoms with Gasteiger partial charge in [0, 0.05) is 0 Å². The van der Waals surface area contributed by atoms with Gasteiger partial charge in [-0.3, -0.25) is 0 Å². The topological polar surface area (TPSA) is 115 Å². The van der Waals surface area contributed by atoms with Crippen molar-refractivity contribution in [1.82, 2.24) is 0 Å². The second kappa shape index (κ2) is 16.5. The predicted octanol–water partition coefficient (Wildman–Crippen LogP) is -2.93. The smallest absolute Gasteiger partial charge is 0.450 e.